The van der Waals surface area contributed by atoms with Crippen LogP contribution in [-0.2, 0) is 4.79 Å². The average Bonchev–Trinajstić information content (AvgIpc) is 3.17. The molecule has 0 aliphatic heterocycles. The van der Waals surface area contributed by atoms with E-state index >= 15 is 0 Å². The summed E-state index contributed by atoms with van der Waals surface area (Å²) in [6, 6.07) is 21.4. The highest BCUT2D eigenvalue weighted by atomic mass is 79.9. The molecule has 0 unspecified atom stereocenters. The first-order chi connectivity index (χ1) is 12.6. The molecule has 0 spiro atoms. The second-order valence-corrected chi connectivity index (χ2v) is 7.00. The van der Waals surface area contributed by atoms with Gasteiger partial charge in [0.25, 0.3) is 0 Å². The van der Waals surface area contributed by atoms with E-state index in [9.17, 15) is 4.79 Å². The first-order valence-electron chi connectivity index (χ1n) is 8.50. The van der Waals surface area contributed by atoms with E-state index in [0.717, 1.165) is 21.4 Å². The van der Waals surface area contributed by atoms with Crippen LogP contribution in [0.3, 0.4) is 0 Å². The molecule has 0 fully saturated rings. The third-order valence-electron chi connectivity index (χ3n) is 4.17. The number of amides is 1. The zero-order chi connectivity index (χ0) is 18.4. The lowest BCUT2D eigenvalue weighted by molar-refractivity contribution is -0.121. The number of carbonyl (C=O) groups is 1. The average molecular weight is 413 g/mol. The molecule has 134 valence electrons. The summed E-state index contributed by atoms with van der Waals surface area (Å²) in [6.07, 6.45) is 1.64. The number of benzene rings is 2. The van der Waals surface area contributed by atoms with Gasteiger partial charge in [-0.15, -0.1) is 0 Å². The van der Waals surface area contributed by atoms with Crippen LogP contribution in [0.1, 0.15) is 35.9 Å². The van der Waals surface area contributed by atoms with Crippen molar-refractivity contribution >= 4 is 21.8 Å². The van der Waals surface area contributed by atoms with Crippen molar-refractivity contribution in [3.8, 4) is 0 Å². The molecule has 4 nitrogen and oxygen atoms in total. The Labute approximate surface area is 161 Å². The van der Waals surface area contributed by atoms with Crippen molar-refractivity contribution in [1.29, 1.82) is 0 Å². The van der Waals surface area contributed by atoms with Crippen molar-refractivity contribution in [2.75, 3.05) is 6.54 Å². The summed E-state index contributed by atoms with van der Waals surface area (Å²) in [7, 11) is 0. The quantitative estimate of drug-likeness (QED) is 0.596. The molecule has 0 bridgehead atoms. The van der Waals surface area contributed by atoms with Crippen LogP contribution in [0, 0.1) is 0 Å². The molecule has 0 saturated carbocycles. The minimum absolute atomic E-state index is 0.0591. The van der Waals surface area contributed by atoms with E-state index < -0.39 is 0 Å². The van der Waals surface area contributed by atoms with Crippen LogP contribution in [0.25, 0.3) is 0 Å². The highest BCUT2D eigenvalue weighted by molar-refractivity contribution is 9.10. The van der Waals surface area contributed by atoms with Crippen molar-refractivity contribution in [3.05, 3.63) is 94.4 Å². The van der Waals surface area contributed by atoms with Gasteiger partial charge in [-0.05, 0) is 42.3 Å². The molecule has 0 aliphatic carbocycles. The summed E-state index contributed by atoms with van der Waals surface area (Å²) < 4.78 is 6.56. The fraction of sp³-hybridized carbons (Fsp3) is 0.190. The van der Waals surface area contributed by atoms with Gasteiger partial charge >= 0.3 is 0 Å². The Morgan fingerprint density at radius 3 is 2.38 bits per heavy atom. The Kier molecular flexibility index (Phi) is 6.26. The molecule has 2 atom stereocenters. The SMILES string of the molecule is C[C@@H](NC(=O)CN[C@@H](c1ccccc1)c1ccco1)c1ccc(Br)cc1. The van der Waals surface area contributed by atoms with Gasteiger partial charge in [-0.2, -0.15) is 0 Å². The lowest BCUT2D eigenvalue weighted by Gasteiger charge is -2.19. The lowest BCUT2D eigenvalue weighted by Crippen LogP contribution is -2.37. The monoisotopic (exact) mass is 412 g/mol. The number of hydrogen-bond donors (Lipinski definition) is 2. The van der Waals surface area contributed by atoms with Crippen LogP contribution in [0.15, 0.2) is 81.9 Å². The molecule has 0 aliphatic rings. The van der Waals surface area contributed by atoms with Crippen LogP contribution in [0.2, 0.25) is 0 Å². The van der Waals surface area contributed by atoms with Gasteiger partial charge in [-0.25, -0.2) is 0 Å². The van der Waals surface area contributed by atoms with Crippen molar-refractivity contribution in [1.82, 2.24) is 10.6 Å². The van der Waals surface area contributed by atoms with Crippen molar-refractivity contribution in [2.24, 2.45) is 0 Å². The molecule has 26 heavy (non-hydrogen) atoms. The summed E-state index contributed by atoms with van der Waals surface area (Å²) in [4.78, 5) is 12.4. The summed E-state index contributed by atoms with van der Waals surface area (Å²) in [5.41, 5.74) is 2.11. The standard InChI is InChI=1S/C21H21BrN2O2/c1-15(16-9-11-18(22)12-10-16)24-20(25)14-23-21(19-8-5-13-26-19)17-6-3-2-4-7-17/h2-13,15,21,23H,14H2,1H3,(H,24,25)/t15-,21+/m1/s1. The number of nitrogens with one attached hydrogen (secondary N) is 2. The molecule has 1 heterocycles. The molecular weight excluding hydrogens is 392 g/mol. The maximum absolute atomic E-state index is 12.4. The van der Waals surface area contributed by atoms with Gasteiger partial charge in [-0.1, -0.05) is 58.4 Å². The van der Waals surface area contributed by atoms with Gasteiger partial charge in [0.15, 0.2) is 0 Å². The molecule has 2 N–H and O–H groups in total. The molecule has 3 aromatic rings. The Balaban J connectivity index is 1.62. The van der Waals surface area contributed by atoms with Crippen LogP contribution in [-0.4, -0.2) is 12.5 Å². The second-order valence-electron chi connectivity index (χ2n) is 6.08. The molecule has 2 aromatic carbocycles. The molecule has 0 saturated heterocycles. The van der Waals surface area contributed by atoms with Crippen LogP contribution in [0.4, 0.5) is 0 Å². The smallest absolute Gasteiger partial charge is 0.234 e. The van der Waals surface area contributed by atoms with Gasteiger partial charge in [0.1, 0.15) is 5.76 Å². The zero-order valence-corrected chi connectivity index (χ0v) is 16.1. The number of carbonyl (C=O) groups excluding carboxylic acids is 1. The minimum Gasteiger partial charge on any atom is -0.467 e. The third-order valence-corrected chi connectivity index (χ3v) is 4.70. The maximum Gasteiger partial charge on any atom is 0.234 e. The van der Waals surface area contributed by atoms with Gasteiger partial charge in [0.05, 0.1) is 24.9 Å². The van der Waals surface area contributed by atoms with E-state index in [0.29, 0.717) is 0 Å². The Morgan fingerprint density at radius 2 is 1.73 bits per heavy atom. The van der Waals surface area contributed by atoms with Crippen molar-refractivity contribution < 1.29 is 9.21 Å². The first kappa shape index (κ1) is 18.4. The lowest BCUT2D eigenvalue weighted by atomic mass is 10.0. The maximum atomic E-state index is 12.4. The molecule has 0 radical (unpaired) electrons. The van der Waals surface area contributed by atoms with E-state index in [1.54, 1.807) is 6.26 Å². The van der Waals surface area contributed by atoms with Gasteiger partial charge in [-0.3, -0.25) is 10.1 Å². The second kappa shape index (κ2) is 8.83. The van der Waals surface area contributed by atoms with Crippen molar-refractivity contribution in [3.63, 3.8) is 0 Å². The predicted molar refractivity (Wildman–Crippen MR) is 106 cm³/mol. The van der Waals surface area contributed by atoms with Crippen LogP contribution < -0.4 is 10.6 Å². The van der Waals surface area contributed by atoms with Crippen molar-refractivity contribution in [2.45, 2.75) is 19.0 Å². The normalized spacial score (nSPS) is 13.2. The Bertz CT molecular complexity index is 817. The van der Waals surface area contributed by atoms with Gasteiger partial charge < -0.3 is 9.73 Å². The summed E-state index contributed by atoms with van der Waals surface area (Å²) in [6.45, 7) is 2.17. The minimum atomic E-state index is -0.167. The van der Waals surface area contributed by atoms with E-state index in [-0.39, 0.29) is 24.5 Å². The first-order valence-corrected chi connectivity index (χ1v) is 9.29. The van der Waals surface area contributed by atoms with Gasteiger partial charge in [0.2, 0.25) is 5.91 Å². The highest BCUT2D eigenvalue weighted by Crippen LogP contribution is 2.22. The largest absolute Gasteiger partial charge is 0.467 e. The topological polar surface area (TPSA) is 54.3 Å². The zero-order valence-electron chi connectivity index (χ0n) is 14.5. The van der Waals surface area contributed by atoms with E-state index in [4.69, 9.17) is 4.42 Å². The number of furan rings is 1. The molecule has 1 amide bonds. The Hall–Kier alpha value is -2.37. The van der Waals surface area contributed by atoms with E-state index in [1.807, 2.05) is 73.7 Å². The fourth-order valence-corrected chi connectivity index (χ4v) is 3.07. The van der Waals surface area contributed by atoms with E-state index in [2.05, 4.69) is 26.6 Å². The fourth-order valence-electron chi connectivity index (χ4n) is 2.81. The molecular formula is C21H21BrN2O2. The van der Waals surface area contributed by atoms with Gasteiger partial charge in [0, 0.05) is 4.47 Å². The summed E-state index contributed by atoms with van der Waals surface area (Å²) >= 11 is 3.42. The number of hydrogen-bond acceptors (Lipinski definition) is 3. The Morgan fingerprint density at radius 1 is 1.00 bits per heavy atom. The highest BCUT2D eigenvalue weighted by Gasteiger charge is 2.18. The summed E-state index contributed by atoms with van der Waals surface area (Å²) in [5, 5.41) is 6.31. The van der Waals surface area contributed by atoms with Crippen LogP contribution >= 0.6 is 15.9 Å². The number of rotatable bonds is 7. The summed E-state index contributed by atoms with van der Waals surface area (Å²) in [5.74, 6) is 0.720. The molecule has 5 heteroatoms. The number of halogens is 1. The predicted octanol–water partition coefficient (Wildman–Crippen LogP) is 4.60. The third kappa shape index (κ3) is 4.84. The van der Waals surface area contributed by atoms with Crippen LogP contribution in [0.5, 0.6) is 0 Å². The molecule has 1 aromatic heterocycles. The van der Waals surface area contributed by atoms with E-state index in [1.165, 1.54) is 0 Å². The molecule has 3 rings (SSSR count).